The van der Waals surface area contributed by atoms with Gasteiger partial charge in [0.1, 0.15) is 5.75 Å². The number of benzene rings is 2. The fraction of sp³-hybridized carbons (Fsp3) is 0.300. The third-order valence-corrected chi connectivity index (χ3v) is 4.11. The Morgan fingerprint density at radius 3 is 2.74 bits per heavy atom. The maximum absolute atomic E-state index is 12.7. The molecule has 0 fully saturated rings. The minimum absolute atomic E-state index is 0.0112. The molecule has 1 aliphatic heterocycles. The molecule has 0 aromatic heterocycles. The van der Waals surface area contributed by atoms with Crippen LogP contribution < -0.4 is 19.5 Å². The number of carbonyl (C=O) groups is 2. The summed E-state index contributed by atoms with van der Waals surface area (Å²) in [5, 5.41) is 2.89. The maximum atomic E-state index is 12.7. The molecule has 1 amide bonds. The highest BCUT2D eigenvalue weighted by atomic mass is 16.7. The second-order valence-corrected chi connectivity index (χ2v) is 5.88. The molecule has 1 N–H and O–H groups in total. The first-order valence-corrected chi connectivity index (χ1v) is 8.60. The van der Waals surface area contributed by atoms with Crippen LogP contribution in [0.2, 0.25) is 0 Å². The highest BCUT2D eigenvalue weighted by Crippen LogP contribution is 2.32. The molecule has 1 heterocycles. The first kappa shape index (κ1) is 18.6. The summed E-state index contributed by atoms with van der Waals surface area (Å²) in [5.41, 5.74) is 1.16. The predicted molar refractivity (Wildman–Crippen MR) is 97.0 cm³/mol. The van der Waals surface area contributed by atoms with Gasteiger partial charge in [0.2, 0.25) is 6.79 Å². The maximum Gasteiger partial charge on any atom is 0.308 e. The SMILES string of the molecule is CCOC(=O)CC(NC(=O)c1ccc2c(c1)OCO2)c1cccc(OC)c1. The van der Waals surface area contributed by atoms with Crippen LogP contribution in [0.1, 0.15) is 35.3 Å². The monoisotopic (exact) mass is 371 g/mol. The Bertz CT molecular complexity index is 835. The van der Waals surface area contributed by atoms with Crippen molar-refractivity contribution in [1.29, 1.82) is 0 Å². The molecule has 7 heteroatoms. The molecule has 1 aliphatic rings. The summed E-state index contributed by atoms with van der Waals surface area (Å²) in [6.45, 7) is 2.15. The smallest absolute Gasteiger partial charge is 0.308 e. The van der Waals surface area contributed by atoms with Gasteiger partial charge in [-0.1, -0.05) is 12.1 Å². The van der Waals surface area contributed by atoms with E-state index in [1.807, 2.05) is 6.07 Å². The van der Waals surface area contributed by atoms with Crippen molar-refractivity contribution in [2.24, 2.45) is 0 Å². The summed E-state index contributed by atoms with van der Waals surface area (Å²) in [6, 6.07) is 11.6. The molecule has 0 aliphatic carbocycles. The standard InChI is InChI=1S/C20H21NO6/c1-3-25-19(22)11-16(13-5-4-6-15(9-13)24-2)21-20(23)14-7-8-17-18(10-14)27-12-26-17/h4-10,16H,3,11-12H2,1-2H3,(H,21,23). The number of methoxy groups -OCH3 is 1. The van der Waals surface area contributed by atoms with E-state index in [2.05, 4.69) is 5.32 Å². The van der Waals surface area contributed by atoms with E-state index in [1.165, 1.54) is 0 Å². The van der Waals surface area contributed by atoms with E-state index in [-0.39, 0.29) is 25.7 Å². The van der Waals surface area contributed by atoms with Crippen LogP contribution in [0.5, 0.6) is 17.2 Å². The van der Waals surface area contributed by atoms with Gasteiger partial charge in [0, 0.05) is 5.56 Å². The molecule has 1 unspecified atom stereocenters. The number of hydrogen-bond donors (Lipinski definition) is 1. The van der Waals surface area contributed by atoms with E-state index in [0.29, 0.717) is 22.8 Å². The summed E-state index contributed by atoms with van der Waals surface area (Å²) >= 11 is 0. The summed E-state index contributed by atoms with van der Waals surface area (Å²) in [5.74, 6) is 1.04. The van der Waals surface area contributed by atoms with Crippen molar-refractivity contribution in [2.75, 3.05) is 20.5 Å². The number of nitrogens with one attached hydrogen (secondary N) is 1. The Balaban J connectivity index is 1.81. The van der Waals surface area contributed by atoms with Gasteiger partial charge in [0.15, 0.2) is 11.5 Å². The van der Waals surface area contributed by atoms with Crippen LogP contribution >= 0.6 is 0 Å². The van der Waals surface area contributed by atoms with Gasteiger partial charge in [-0.2, -0.15) is 0 Å². The van der Waals surface area contributed by atoms with Gasteiger partial charge in [0.05, 0.1) is 26.2 Å². The lowest BCUT2D eigenvalue weighted by Crippen LogP contribution is -2.30. The molecule has 0 spiro atoms. The summed E-state index contributed by atoms with van der Waals surface area (Å²) in [6.07, 6.45) is 0.0112. The quantitative estimate of drug-likeness (QED) is 0.754. The number of rotatable bonds is 7. The lowest BCUT2D eigenvalue weighted by atomic mass is 10.0. The topological polar surface area (TPSA) is 83.1 Å². The Kier molecular flexibility index (Phi) is 5.80. The molecule has 1 atom stereocenters. The van der Waals surface area contributed by atoms with Crippen LogP contribution in [0.3, 0.4) is 0 Å². The lowest BCUT2D eigenvalue weighted by Gasteiger charge is -2.19. The van der Waals surface area contributed by atoms with Crippen LogP contribution in [0.25, 0.3) is 0 Å². The number of esters is 1. The number of fused-ring (bicyclic) bond motifs is 1. The minimum Gasteiger partial charge on any atom is -0.497 e. The van der Waals surface area contributed by atoms with E-state index in [0.717, 1.165) is 5.56 Å². The van der Waals surface area contributed by atoms with Gasteiger partial charge in [-0.05, 0) is 42.8 Å². The van der Waals surface area contributed by atoms with Crippen molar-refractivity contribution in [3.63, 3.8) is 0 Å². The summed E-state index contributed by atoms with van der Waals surface area (Å²) in [7, 11) is 1.56. The first-order chi connectivity index (χ1) is 13.1. The van der Waals surface area contributed by atoms with E-state index in [9.17, 15) is 9.59 Å². The average Bonchev–Trinajstić information content (AvgIpc) is 3.15. The fourth-order valence-corrected chi connectivity index (χ4v) is 2.78. The zero-order valence-corrected chi connectivity index (χ0v) is 15.2. The van der Waals surface area contributed by atoms with Crippen molar-refractivity contribution >= 4 is 11.9 Å². The van der Waals surface area contributed by atoms with E-state index in [4.69, 9.17) is 18.9 Å². The number of amides is 1. The second-order valence-electron chi connectivity index (χ2n) is 5.88. The minimum atomic E-state index is -0.558. The highest BCUT2D eigenvalue weighted by molar-refractivity contribution is 5.95. The van der Waals surface area contributed by atoms with Gasteiger partial charge in [-0.3, -0.25) is 9.59 Å². The third-order valence-electron chi connectivity index (χ3n) is 4.11. The molecule has 27 heavy (non-hydrogen) atoms. The van der Waals surface area contributed by atoms with Crippen LogP contribution in [-0.4, -0.2) is 32.4 Å². The van der Waals surface area contributed by atoms with Crippen LogP contribution in [0.4, 0.5) is 0 Å². The largest absolute Gasteiger partial charge is 0.497 e. The molecule has 2 aromatic carbocycles. The van der Waals surface area contributed by atoms with Crippen molar-refractivity contribution in [3.8, 4) is 17.2 Å². The van der Waals surface area contributed by atoms with Crippen LogP contribution in [0, 0.1) is 0 Å². The van der Waals surface area contributed by atoms with Gasteiger partial charge in [-0.25, -0.2) is 0 Å². The summed E-state index contributed by atoms with van der Waals surface area (Å²) < 4.78 is 20.9. The van der Waals surface area contributed by atoms with E-state index >= 15 is 0 Å². The number of carbonyl (C=O) groups excluding carboxylic acids is 2. The molecule has 3 rings (SSSR count). The van der Waals surface area contributed by atoms with Gasteiger partial charge >= 0.3 is 5.97 Å². The lowest BCUT2D eigenvalue weighted by molar-refractivity contribution is -0.143. The Labute approximate surface area is 157 Å². The van der Waals surface area contributed by atoms with Crippen LogP contribution in [-0.2, 0) is 9.53 Å². The Morgan fingerprint density at radius 2 is 1.96 bits per heavy atom. The molecule has 0 bridgehead atoms. The first-order valence-electron chi connectivity index (χ1n) is 8.60. The van der Waals surface area contributed by atoms with Crippen molar-refractivity contribution in [3.05, 3.63) is 53.6 Å². The zero-order valence-electron chi connectivity index (χ0n) is 15.2. The van der Waals surface area contributed by atoms with Gasteiger partial charge in [0.25, 0.3) is 5.91 Å². The molecule has 142 valence electrons. The molecular formula is C20H21NO6. The zero-order chi connectivity index (χ0) is 19.2. The van der Waals surface area contributed by atoms with Gasteiger partial charge in [-0.15, -0.1) is 0 Å². The van der Waals surface area contributed by atoms with Gasteiger partial charge < -0.3 is 24.3 Å². The normalized spacial score (nSPS) is 13.0. The van der Waals surface area contributed by atoms with Crippen molar-refractivity contribution in [2.45, 2.75) is 19.4 Å². The number of ether oxygens (including phenoxy) is 4. The fourth-order valence-electron chi connectivity index (χ4n) is 2.78. The molecule has 0 saturated carbocycles. The summed E-state index contributed by atoms with van der Waals surface area (Å²) in [4.78, 5) is 24.7. The van der Waals surface area contributed by atoms with Crippen molar-refractivity contribution < 1.29 is 28.5 Å². The molecular weight excluding hydrogens is 350 g/mol. The van der Waals surface area contributed by atoms with E-state index < -0.39 is 12.0 Å². The van der Waals surface area contributed by atoms with Crippen molar-refractivity contribution in [1.82, 2.24) is 5.32 Å². The molecule has 2 aromatic rings. The number of hydrogen-bond acceptors (Lipinski definition) is 6. The third kappa shape index (κ3) is 4.49. The average molecular weight is 371 g/mol. The molecule has 7 nitrogen and oxygen atoms in total. The molecule has 0 radical (unpaired) electrons. The second kappa shape index (κ2) is 8.44. The Hall–Kier alpha value is -3.22. The Morgan fingerprint density at radius 1 is 1.15 bits per heavy atom. The highest BCUT2D eigenvalue weighted by Gasteiger charge is 2.22. The predicted octanol–water partition coefficient (Wildman–Crippen LogP) is 2.85. The molecule has 0 saturated heterocycles. The van der Waals surface area contributed by atoms with Crippen LogP contribution in [0.15, 0.2) is 42.5 Å². The van der Waals surface area contributed by atoms with E-state index in [1.54, 1.807) is 50.4 Å².